The number of aromatic nitrogens is 2. The van der Waals surface area contributed by atoms with Crippen LogP contribution < -0.4 is 10.6 Å². The van der Waals surface area contributed by atoms with Crippen LogP contribution in [-0.2, 0) is 6.54 Å². The minimum Gasteiger partial charge on any atom is -0.356 e. The van der Waals surface area contributed by atoms with Gasteiger partial charge in [-0.15, -0.1) is 0 Å². The molecule has 0 amide bonds. The lowest BCUT2D eigenvalue weighted by molar-refractivity contribution is 0.387. The van der Waals surface area contributed by atoms with Gasteiger partial charge in [-0.3, -0.25) is 4.99 Å². The van der Waals surface area contributed by atoms with Gasteiger partial charge in [-0.05, 0) is 6.42 Å². The summed E-state index contributed by atoms with van der Waals surface area (Å²) in [6.45, 7) is 5.36. The number of hydrogen-bond donors (Lipinski definition) is 2. The zero-order chi connectivity index (χ0) is 11.8. The Morgan fingerprint density at radius 1 is 1.44 bits per heavy atom. The molecule has 6 nitrogen and oxygen atoms in total. The summed E-state index contributed by atoms with van der Waals surface area (Å²) in [5.41, 5.74) is 0. The van der Waals surface area contributed by atoms with Gasteiger partial charge in [0.05, 0.1) is 6.54 Å². The lowest BCUT2D eigenvalue weighted by atomic mass is 10.3. The van der Waals surface area contributed by atoms with Crippen molar-refractivity contribution in [3.8, 4) is 0 Å². The quantitative estimate of drug-likeness (QED) is 0.441. The zero-order valence-electron chi connectivity index (χ0n) is 10.1. The number of unbranched alkanes of at least 4 members (excludes halogenated alkanes) is 1. The van der Waals surface area contributed by atoms with Crippen LogP contribution in [0, 0.1) is 6.92 Å². The van der Waals surface area contributed by atoms with Crippen molar-refractivity contribution >= 4 is 5.96 Å². The maximum absolute atomic E-state index is 4.87. The first kappa shape index (κ1) is 12.5. The molecule has 0 spiro atoms. The Kier molecular flexibility index (Phi) is 5.31. The third-order valence-electron chi connectivity index (χ3n) is 2.03. The molecule has 90 valence electrons. The smallest absolute Gasteiger partial charge is 0.223 e. The molecule has 0 saturated heterocycles. The van der Waals surface area contributed by atoms with Crippen LogP contribution in [0.15, 0.2) is 9.52 Å². The van der Waals surface area contributed by atoms with E-state index in [1.807, 2.05) is 0 Å². The van der Waals surface area contributed by atoms with Crippen molar-refractivity contribution in [1.82, 2.24) is 20.8 Å². The average molecular weight is 225 g/mol. The fraction of sp³-hybridized carbons (Fsp3) is 0.700. The van der Waals surface area contributed by atoms with Gasteiger partial charge >= 0.3 is 0 Å². The summed E-state index contributed by atoms with van der Waals surface area (Å²) in [6.07, 6.45) is 2.29. The standard InChI is InChI=1S/C10H19N5O/c1-4-5-6-12-10(11-3)13-7-9-14-8(2)16-15-9/h4-7H2,1-3H3,(H2,11,12,13). The number of hydrogen-bond acceptors (Lipinski definition) is 4. The topological polar surface area (TPSA) is 75.3 Å². The van der Waals surface area contributed by atoms with Gasteiger partial charge < -0.3 is 15.2 Å². The van der Waals surface area contributed by atoms with E-state index >= 15 is 0 Å². The molecule has 1 rings (SSSR count). The summed E-state index contributed by atoms with van der Waals surface area (Å²) >= 11 is 0. The van der Waals surface area contributed by atoms with Crippen molar-refractivity contribution in [2.75, 3.05) is 13.6 Å². The first-order valence-corrected chi connectivity index (χ1v) is 5.50. The minimum absolute atomic E-state index is 0.517. The highest BCUT2D eigenvalue weighted by molar-refractivity contribution is 5.79. The van der Waals surface area contributed by atoms with Crippen molar-refractivity contribution in [1.29, 1.82) is 0 Å². The summed E-state index contributed by atoms with van der Waals surface area (Å²) in [5, 5.41) is 10.1. The SMILES string of the molecule is CCCCNC(=NC)NCc1noc(C)n1. The highest BCUT2D eigenvalue weighted by Crippen LogP contribution is 1.93. The molecular formula is C10H19N5O. The second kappa shape index (κ2) is 6.81. The van der Waals surface area contributed by atoms with E-state index in [-0.39, 0.29) is 0 Å². The highest BCUT2D eigenvalue weighted by Gasteiger charge is 2.02. The Morgan fingerprint density at radius 2 is 2.25 bits per heavy atom. The van der Waals surface area contributed by atoms with Crippen molar-refractivity contribution in [2.24, 2.45) is 4.99 Å². The van der Waals surface area contributed by atoms with Crippen LogP contribution in [0.2, 0.25) is 0 Å². The van der Waals surface area contributed by atoms with Crippen LogP contribution in [0.25, 0.3) is 0 Å². The first-order valence-electron chi connectivity index (χ1n) is 5.50. The second-order valence-corrected chi connectivity index (χ2v) is 3.44. The monoisotopic (exact) mass is 225 g/mol. The largest absolute Gasteiger partial charge is 0.356 e. The van der Waals surface area contributed by atoms with E-state index in [4.69, 9.17) is 4.52 Å². The number of rotatable bonds is 5. The van der Waals surface area contributed by atoms with Crippen molar-refractivity contribution < 1.29 is 4.52 Å². The molecule has 16 heavy (non-hydrogen) atoms. The second-order valence-electron chi connectivity index (χ2n) is 3.44. The van der Waals surface area contributed by atoms with Gasteiger partial charge in [0.1, 0.15) is 0 Å². The van der Waals surface area contributed by atoms with Crippen molar-refractivity contribution in [3.63, 3.8) is 0 Å². The molecule has 0 aromatic carbocycles. The molecular weight excluding hydrogens is 206 g/mol. The van der Waals surface area contributed by atoms with Crippen LogP contribution in [0.4, 0.5) is 0 Å². The summed E-state index contributed by atoms with van der Waals surface area (Å²) < 4.78 is 4.87. The molecule has 1 heterocycles. The van der Waals surface area contributed by atoms with Crippen LogP contribution in [0.3, 0.4) is 0 Å². The van der Waals surface area contributed by atoms with Gasteiger partial charge in [0.2, 0.25) is 5.89 Å². The average Bonchev–Trinajstić information content (AvgIpc) is 2.69. The summed E-state index contributed by atoms with van der Waals surface area (Å²) in [7, 11) is 1.74. The van der Waals surface area contributed by atoms with E-state index in [1.165, 1.54) is 0 Å². The fourth-order valence-corrected chi connectivity index (χ4v) is 1.18. The van der Waals surface area contributed by atoms with Gasteiger partial charge in [0.15, 0.2) is 11.8 Å². The van der Waals surface area contributed by atoms with Gasteiger partial charge in [0, 0.05) is 20.5 Å². The van der Waals surface area contributed by atoms with Crippen LogP contribution >= 0.6 is 0 Å². The lowest BCUT2D eigenvalue weighted by Gasteiger charge is -2.09. The predicted molar refractivity (Wildman–Crippen MR) is 62.1 cm³/mol. The van der Waals surface area contributed by atoms with Crippen molar-refractivity contribution in [3.05, 3.63) is 11.7 Å². The number of guanidine groups is 1. The molecule has 0 saturated carbocycles. The van der Waals surface area contributed by atoms with Gasteiger partial charge in [-0.2, -0.15) is 4.98 Å². The molecule has 0 aliphatic rings. The summed E-state index contributed by atoms with van der Waals surface area (Å²) in [4.78, 5) is 8.18. The Morgan fingerprint density at radius 3 is 2.81 bits per heavy atom. The molecule has 0 radical (unpaired) electrons. The van der Waals surface area contributed by atoms with E-state index in [0.717, 1.165) is 25.3 Å². The number of nitrogens with zero attached hydrogens (tertiary/aromatic N) is 3. The third kappa shape index (κ3) is 4.29. The summed E-state index contributed by atoms with van der Waals surface area (Å²) in [6, 6.07) is 0. The van der Waals surface area contributed by atoms with Crippen molar-refractivity contribution in [2.45, 2.75) is 33.2 Å². The van der Waals surface area contributed by atoms with Crippen LogP contribution in [0.1, 0.15) is 31.5 Å². The Labute approximate surface area is 95.5 Å². The van der Waals surface area contributed by atoms with Gasteiger partial charge in [-0.1, -0.05) is 18.5 Å². The van der Waals surface area contributed by atoms with Crippen LogP contribution in [-0.4, -0.2) is 29.7 Å². The Balaban J connectivity index is 2.29. The maximum atomic E-state index is 4.87. The molecule has 0 unspecified atom stereocenters. The predicted octanol–water partition coefficient (Wildman–Crippen LogP) is 0.843. The molecule has 0 atom stereocenters. The summed E-state index contributed by atoms with van der Waals surface area (Å²) in [5.74, 6) is 1.97. The molecule has 0 fully saturated rings. The molecule has 0 bridgehead atoms. The zero-order valence-corrected chi connectivity index (χ0v) is 10.1. The van der Waals surface area contributed by atoms with E-state index in [9.17, 15) is 0 Å². The normalized spacial score (nSPS) is 11.6. The molecule has 0 aliphatic heterocycles. The molecule has 1 aromatic heterocycles. The Hall–Kier alpha value is -1.59. The van der Waals surface area contributed by atoms with E-state index < -0.39 is 0 Å². The first-order chi connectivity index (χ1) is 7.76. The molecule has 0 aliphatic carbocycles. The molecule has 2 N–H and O–H groups in total. The number of aliphatic imine (C=N–C) groups is 1. The molecule has 6 heteroatoms. The Bertz CT molecular complexity index is 334. The number of aryl methyl sites for hydroxylation is 1. The maximum Gasteiger partial charge on any atom is 0.223 e. The van der Waals surface area contributed by atoms with E-state index in [0.29, 0.717) is 18.3 Å². The fourth-order valence-electron chi connectivity index (χ4n) is 1.18. The highest BCUT2D eigenvalue weighted by atomic mass is 16.5. The third-order valence-corrected chi connectivity index (χ3v) is 2.03. The van der Waals surface area contributed by atoms with E-state index in [1.54, 1.807) is 14.0 Å². The van der Waals surface area contributed by atoms with Gasteiger partial charge in [0.25, 0.3) is 0 Å². The van der Waals surface area contributed by atoms with E-state index in [2.05, 4.69) is 32.7 Å². The molecule has 1 aromatic rings. The van der Waals surface area contributed by atoms with Crippen LogP contribution in [0.5, 0.6) is 0 Å². The van der Waals surface area contributed by atoms with Gasteiger partial charge in [-0.25, -0.2) is 0 Å². The number of nitrogens with one attached hydrogen (secondary N) is 2. The lowest BCUT2D eigenvalue weighted by Crippen LogP contribution is -2.37. The minimum atomic E-state index is 0.517.